The monoisotopic (exact) mass is 172 g/mol. The topological polar surface area (TPSA) is 9.23 Å². The summed E-state index contributed by atoms with van der Waals surface area (Å²) in [5, 5.41) is 0. The minimum Gasteiger partial charge on any atom is -0.488 e. The number of ether oxygens (including phenoxy) is 1. The molecular weight excluding hydrogens is 160 g/mol. The van der Waals surface area contributed by atoms with E-state index in [2.05, 4.69) is 25.8 Å². The molecule has 1 aromatic rings. The van der Waals surface area contributed by atoms with Crippen LogP contribution in [0.2, 0.25) is 0 Å². The largest absolute Gasteiger partial charge is 0.488 e. The van der Waals surface area contributed by atoms with Gasteiger partial charge < -0.3 is 4.74 Å². The highest BCUT2D eigenvalue weighted by Gasteiger charge is 2.28. The number of para-hydroxylation sites is 1. The normalized spacial score (nSPS) is 24.7. The maximum atomic E-state index is 5.70. The Balaban J connectivity index is 2.57. The van der Waals surface area contributed by atoms with Crippen molar-refractivity contribution in [3.63, 3.8) is 0 Å². The highest BCUT2D eigenvalue weighted by atomic mass is 16.5. The highest BCUT2D eigenvalue weighted by molar-refractivity contribution is 5.53. The van der Waals surface area contributed by atoms with Crippen molar-refractivity contribution in [1.29, 1.82) is 0 Å². The van der Waals surface area contributed by atoms with E-state index in [1.165, 1.54) is 5.56 Å². The Bertz CT molecular complexity index is 373. The second-order valence-electron chi connectivity index (χ2n) is 3.48. The van der Waals surface area contributed by atoms with Crippen molar-refractivity contribution in [3.05, 3.63) is 29.3 Å². The molecule has 1 aromatic carbocycles. The lowest BCUT2D eigenvalue weighted by Crippen LogP contribution is -2.10. The maximum absolute atomic E-state index is 5.70. The molecular formula is C12H12O. The van der Waals surface area contributed by atoms with E-state index in [9.17, 15) is 0 Å². The first-order valence-electron chi connectivity index (χ1n) is 4.50. The summed E-state index contributed by atoms with van der Waals surface area (Å²) in [6.45, 7) is 4.24. The van der Waals surface area contributed by atoms with Crippen LogP contribution in [0.4, 0.5) is 0 Å². The van der Waals surface area contributed by atoms with Crippen molar-refractivity contribution in [2.24, 2.45) is 0 Å². The maximum Gasteiger partial charge on any atom is 0.138 e. The third-order valence-electron chi connectivity index (χ3n) is 2.70. The summed E-state index contributed by atoms with van der Waals surface area (Å²) in [7, 11) is 0. The number of hydrogen-bond acceptors (Lipinski definition) is 1. The molecule has 0 amide bonds. The highest BCUT2D eigenvalue weighted by Crippen LogP contribution is 2.39. The summed E-state index contributed by atoms with van der Waals surface area (Å²) < 4.78 is 5.70. The Kier molecular flexibility index (Phi) is 1.77. The molecule has 1 nitrogen and oxygen atoms in total. The van der Waals surface area contributed by atoms with Gasteiger partial charge >= 0.3 is 0 Å². The molecule has 1 aliphatic rings. The lowest BCUT2D eigenvalue weighted by molar-refractivity contribution is 0.232. The van der Waals surface area contributed by atoms with Crippen molar-refractivity contribution in [2.75, 3.05) is 0 Å². The minimum atomic E-state index is 0.240. The van der Waals surface area contributed by atoms with E-state index >= 15 is 0 Å². The summed E-state index contributed by atoms with van der Waals surface area (Å²) in [5.74, 6) is 4.00. The molecule has 1 aliphatic heterocycles. The molecule has 2 rings (SSSR count). The summed E-state index contributed by atoms with van der Waals surface area (Å²) in [6, 6.07) is 6.00. The van der Waals surface area contributed by atoms with Crippen molar-refractivity contribution < 1.29 is 4.74 Å². The average Bonchev–Trinajstić information content (AvgIpc) is 2.43. The van der Waals surface area contributed by atoms with E-state index < -0.39 is 0 Å². The Morgan fingerprint density at radius 1 is 1.38 bits per heavy atom. The zero-order valence-corrected chi connectivity index (χ0v) is 7.87. The molecule has 0 fully saturated rings. The molecule has 2 atom stereocenters. The first-order chi connectivity index (χ1) is 6.24. The first-order valence-corrected chi connectivity index (χ1v) is 4.50. The van der Waals surface area contributed by atoms with Crippen molar-refractivity contribution in [2.45, 2.75) is 25.9 Å². The summed E-state index contributed by atoms with van der Waals surface area (Å²) in [6.07, 6.45) is 5.62. The summed E-state index contributed by atoms with van der Waals surface area (Å²) in [4.78, 5) is 0. The number of terminal acetylenes is 1. The third-order valence-corrected chi connectivity index (χ3v) is 2.70. The number of fused-ring (bicyclic) bond motifs is 1. The van der Waals surface area contributed by atoms with Crippen molar-refractivity contribution >= 4 is 0 Å². The van der Waals surface area contributed by atoms with Gasteiger partial charge in [0.15, 0.2) is 0 Å². The number of hydrogen-bond donors (Lipinski definition) is 0. The van der Waals surface area contributed by atoms with Gasteiger partial charge in [-0.25, -0.2) is 0 Å². The zero-order valence-electron chi connectivity index (χ0n) is 7.87. The molecule has 0 saturated heterocycles. The molecule has 0 N–H and O–H groups in total. The quantitative estimate of drug-likeness (QED) is 0.546. The standard InChI is InChI=1S/C12H12O/c1-4-10-6-5-7-11-8(2)9(3)13-12(10)11/h1,5-9H,2-3H3. The average molecular weight is 172 g/mol. The van der Waals surface area contributed by atoms with Gasteiger partial charge in [-0.15, -0.1) is 6.42 Å². The molecule has 0 saturated carbocycles. The molecule has 0 spiro atoms. The van der Waals surface area contributed by atoms with Crippen LogP contribution >= 0.6 is 0 Å². The molecule has 0 aliphatic carbocycles. The molecule has 0 radical (unpaired) electrons. The van der Waals surface area contributed by atoms with Gasteiger partial charge in [0.25, 0.3) is 0 Å². The van der Waals surface area contributed by atoms with Crippen LogP contribution in [0.5, 0.6) is 5.75 Å². The summed E-state index contributed by atoms with van der Waals surface area (Å²) >= 11 is 0. The van der Waals surface area contributed by atoms with Gasteiger partial charge in [-0.3, -0.25) is 0 Å². The van der Waals surface area contributed by atoms with Crippen molar-refractivity contribution in [1.82, 2.24) is 0 Å². The van der Waals surface area contributed by atoms with E-state index in [0.717, 1.165) is 11.3 Å². The van der Waals surface area contributed by atoms with Crippen LogP contribution in [0.1, 0.15) is 30.9 Å². The summed E-state index contributed by atoms with van der Waals surface area (Å²) in [5.41, 5.74) is 2.11. The van der Waals surface area contributed by atoms with Gasteiger partial charge in [0, 0.05) is 11.5 Å². The Morgan fingerprint density at radius 3 is 2.85 bits per heavy atom. The van der Waals surface area contributed by atoms with Gasteiger partial charge in [-0.2, -0.15) is 0 Å². The molecule has 66 valence electrons. The Morgan fingerprint density at radius 2 is 2.15 bits per heavy atom. The van der Waals surface area contributed by atoms with Gasteiger partial charge in [0.05, 0.1) is 5.56 Å². The number of rotatable bonds is 0. The van der Waals surface area contributed by atoms with Crippen LogP contribution in [0.15, 0.2) is 18.2 Å². The molecule has 13 heavy (non-hydrogen) atoms. The van der Waals surface area contributed by atoms with Crippen LogP contribution in [0, 0.1) is 12.3 Å². The fourth-order valence-electron chi connectivity index (χ4n) is 1.70. The van der Waals surface area contributed by atoms with Crippen LogP contribution in [-0.2, 0) is 0 Å². The fraction of sp³-hybridized carbons (Fsp3) is 0.333. The van der Waals surface area contributed by atoms with Crippen LogP contribution < -0.4 is 4.74 Å². The van der Waals surface area contributed by atoms with Crippen LogP contribution in [0.3, 0.4) is 0 Å². The smallest absolute Gasteiger partial charge is 0.138 e. The zero-order chi connectivity index (χ0) is 9.42. The first kappa shape index (κ1) is 8.19. The van der Waals surface area contributed by atoms with Gasteiger partial charge in [-0.1, -0.05) is 25.0 Å². The molecule has 1 heteroatoms. The van der Waals surface area contributed by atoms with Gasteiger partial charge in [-0.05, 0) is 13.0 Å². The predicted molar refractivity (Wildman–Crippen MR) is 52.9 cm³/mol. The third kappa shape index (κ3) is 1.10. The second kappa shape index (κ2) is 2.81. The van der Waals surface area contributed by atoms with E-state index in [1.807, 2.05) is 12.1 Å². The number of benzene rings is 1. The lowest BCUT2D eigenvalue weighted by Gasteiger charge is -2.07. The molecule has 0 aromatic heterocycles. The van der Waals surface area contributed by atoms with Crippen molar-refractivity contribution in [3.8, 4) is 18.1 Å². The van der Waals surface area contributed by atoms with Crippen LogP contribution in [0.25, 0.3) is 0 Å². The minimum absolute atomic E-state index is 0.240. The SMILES string of the molecule is C#Cc1cccc2c1OC(C)C2C. The Hall–Kier alpha value is -1.42. The van der Waals surface area contributed by atoms with E-state index in [4.69, 9.17) is 11.2 Å². The fourth-order valence-corrected chi connectivity index (χ4v) is 1.70. The van der Waals surface area contributed by atoms with Gasteiger partial charge in [0.2, 0.25) is 0 Å². The lowest BCUT2D eigenvalue weighted by atomic mass is 9.97. The molecule has 0 bridgehead atoms. The second-order valence-corrected chi connectivity index (χ2v) is 3.48. The Labute approximate surface area is 78.7 Å². The van der Waals surface area contributed by atoms with E-state index in [-0.39, 0.29) is 6.10 Å². The van der Waals surface area contributed by atoms with Crippen LogP contribution in [-0.4, -0.2) is 6.10 Å². The molecule has 2 unspecified atom stereocenters. The van der Waals surface area contributed by atoms with Gasteiger partial charge in [0.1, 0.15) is 11.9 Å². The van der Waals surface area contributed by atoms with E-state index in [0.29, 0.717) is 5.92 Å². The molecule has 1 heterocycles. The van der Waals surface area contributed by atoms with E-state index in [1.54, 1.807) is 0 Å². The predicted octanol–water partition coefficient (Wildman–Crippen LogP) is 2.55.